The normalized spacial score (nSPS) is 10.7. The van der Waals surface area contributed by atoms with Gasteiger partial charge >= 0.3 is 0 Å². The Labute approximate surface area is 91.4 Å². The van der Waals surface area contributed by atoms with Gasteiger partial charge in [-0.05, 0) is 18.4 Å². The Kier molecular flexibility index (Phi) is 2.96. The zero-order valence-electron chi connectivity index (χ0n) is 7.99. The van der Waals surface area contributed by atoms with Crippen LogP contribution in [0.15, 0.2) is 17.5 Å². The highest BCUT2D eigenvalue weighted by atomic mass is 32.1. The van der Waals surface area contributed by atoms with E-state index in [1.165, 1.54) is 14.8 Å². The first-order valence-corrected chi connectivity index (χ1v) is 6.17. The van der Waals surface area contributed by atoms with Gasteiger partial charge in [-0.15, -0.1) is 22.7 Å². The van der Waals surface area contributed by atoms with E-state index in [9.17, 15) is 0 Å². The van der Waals surface area contributed by atoms with E-state index in [1.54, 1.807) is 22.7 Å². The molecule has 0 amide bonds. The zero-order chi connectivity index (χ0) is 9.97. The van der Waals surface area contributed by atoms with E-state index < -0.39 is 0 Å². The van der Waals surface area contributed by atoms with Gasteiger partial charge in [0.25, 0.3) is 0 Å². The van der Waals surface area contributed by atoms with E-state index in [4.69, 9.17) is 5.73 Å². The maximum absolute atomic E-state index is 5.61. The number of aryl methyl sites for hydroxylation is 1. The molecule has 2 nitrogen and oxygen atoms in total. The van der Waals surface area contributed by atoms with E-state index in [0.29, 0.717) is 6.54 Å². The molecular formula is C10H12N2S2. The summed E-state index contributed by atoms with van der Waals surface area (Å²) in [5.41, 5.74) is 6.70. The largest absolute Gasteiger partial charge is 0.326 e. The molecule has 0 fully saturated rings. The first-order valence-electron chi connectivity index (χ1n) is 4.47. The van der Waals surface area contributed by atoms with Crippen LogP contribution in [0.25, 0.3) is 0 Å². The summed E-state index contributed by atoms with van der Waals surface area (Å²) >= 11 is 3.50. The van der Waals surface area contributed by atoms with Crippen LogP contribution in [0.2, 0.25) is 0 Å². The molecule has 0 radical (unpaired) electrons. The number of nitrogens with two attached hydrogens (primary N) is 1. The Morgan fingerprint density at radius 2 is 2.36 bits per heavy atom. The van der Waals surface area contributed by atoms with Crippen molar-refractivity contribution in [2.75, 3.05) is 0 Å². The van der Waals surface area contributed by atoms with Crippen molar-refractivity contribution in [1.29, 1.82) is 0 Å². The fraction of sp³-hybridized carbons (Fsp3) is 0.300. The van der Waals surface area contributed by atoms with Crippen molar-refractivity contribution < 1.29 is 0 Å². The first kappa shape index (κ1) is 9.83. The second-order valence-corrected chi connectivity index (χ2v) is 5.28. The monoisotopic (exact) mass is 224 g/mol. The summed E-state index contributed by atoms with van der Waals surface area (Å²) in [6.07, 6.45) is 0.948. The molecule has 0 aliphatic rings. The van der Waals surface area contributed by atoms with Gasteiger partial charge in [-0.25, -0.2) is 4.98 Å². The molecular weight excluding hydrogens is 212 g/mol. The van der Waals surface area contributed by atoms with Crippen molar-refractivity contribution in [3.05, 3.63) is 38.0 Å². The predicted octanol–water partition coefficient (Wildman–Crippen LogP) is 2.56. The Morgan fingerprint density at radius 1 is 1.50 bits per heavy atom. The lowest BCUT2D eigenvalue weighted by Crippen LogP contribution is -1.94. The number of rotatable bonds is 3. The molecule has 0 aliphatic carbocycles. The summed E-state index contributed by atoms with van der Waals surface area (Å²) in [6, 6.07) is 4.22. The second kappa shape index (κ2) is 4.21. The number of aromatic nitrogens is 1. The fourth-order valence-corrected chi connectivity index (χ4v) is 3.09. The molecule has 2 N–H and O–H groups in total. The fourth-order valence-electron chi connectivity index (χ4n) is 1.32. The molecule has 0 spiro atoms. The van der Waals surface area contributed by atoms with Crippen molar-refractivity contribution in [1.82, 2.24) is 4.98 Å². The first-order chi connectivity index (χ1) is 6.79. The van der Waals surface area contributed by atoms with E-state index in [0.717, 1.165) is 12.1 Å². The van der Waals surface area contributed by atoms with Gasteiger partial charge in [-0.3, -0.25) is 0 Å². The number of nitrogens with zero attached hydrogens (tertiary/aromatic N) is 1. The van der Waals surface area contributed by atoms with Crippen LogP contribution in [-0.4, -0.2) is 4.98 Å². The standard InChI is InChI=1S/C10H12N2S2/c1-7-9(6-11)14-10(12-7)5-8-3-2-4-13-8/h2-4H,5-6,11H2,1H3. The van der Waals surface area contributed by atoms with Crippen LogP contribution in [0.4, 0.5) is 0 Å². The summed E-state index contributed by atoms with van der Waals surface area (Å²) in [5, 5.41) is 3.27. The molecule has 74 valence electrons. The number of hydrogen-bond acceptors (Lipinski definition) is 4. The topological polar surface area (TPSA) is 38.9 Å². The van der Waals surface area contributed by atoms with Crippen molar-refractivity contribution in [2.45, 2.75) is 19.9 Å². The average Bonchev–Trinajstić information content (AvgIpc) is 2.76. The molecule has 2 aromatic heterocycles. The molecule has 4 heteroatoms. The van der Waals surface area contributed by atoms with Crippen molar-refractivity contribution in [3.63, 3.8) is 0 Å². The molecule has 0 saturated carbocycles. The van der Waals surface area contributed by atoms with Gasteiger partial charge in [-0.1, -0.05) is 6.07 Å². The van der Waals surface area contributed by atoms with Crippen LogP contribution in [0, 0.1) is 6.92 Å². The van der Waals surface area contributed by atoms with E-state index in [1.807, 2.05) is 6.92 Å². The third-order valence-electron chi connectivity index (χ3n) is 2.03. The highest BCUT2D eigenvalue weighted by Gasteiger charge is 2.06. The number of hydrogen-bond donors (Lipinski definition) is 1. The van der Waals surface area contributed by atoms with Gasteiger partial charge < -0.3 is 5.73 Å². The smallest absolute Gasteiger partial charge is 0.0983 e. The lowest BCUT2D eigenvalue weighted by Gasteiger charge is -1.89. The Hall–Kier alpha value is -0.710. The van der Waals surface area contributed by atoms with Crippen LogP contribution >= 0.6 is 22.7 Å². The molecule has 2 aromatic rings. The average molecular weight is 224 g/mol. The lowest BCUT2D eigenvalue weighted by molar-refractivity contribution is 1.05. The number of thiazole rings is 1. The molecule has 0 aromatic carbocycles. The highest BCUT2D eigenvalue weighted by Crippen LogP contribution is 2.21. The van der Waals surface area contributed by atoms with Crippen LogP contribution in [0.1, 0.15) is 20.5 Å². The lowest BCUT2D eigenvalue weighted by atomic mass is 10.3. The third-order valence-corrected chi connectivity index (χ3v) is 4.08. The highest BCUT2D eigenvalue weighted by molar-refractivity contribution is 7.12. The van der Waals surface area contributed by atoms with Gasteiger partial charge in [-0.2, -0.15) is 0 Å². The minimum absolute atomic E-state index is 0.605. The van der Waals surface area contributed by atoms with Gasteiger partial charge in [0.1, 0.15) is 0 Å². The minimum atomic E-state index is 0.605. The van der Waals surface area contributed by atoms with E-state index >= 15 is 0 Å². The predicted molar refractivity (Wildman–Crippen MR) is 61.9 cm³/mol. The Balaban J connectivity index is 2.17. The van der Waals surface area contributed by atoms with Crippen LogP contribution in [0.5, 0.6) is 0 Å². The molecule has 0 atom stereocenters. The molecule has 0 aliphatic heterocycles. The van der Waals surface area contributed by atoms with Crippen LogP contribution in [0.3, 0.4) is 0 Å². The Bertz CT molecular complexity index is 404. The van der Waals surface area contributed by atoms with Gasteiger partial charge in [0.2, 0.25) is 0 Å². The molecule has 2 rings (SSSR count). The summed E-state index contributed by atoms with van der Waals surface area (Å²) in [6.45, 7) is 2.63. The van der Waals surface area contributed by atoms with Crippen molar-refractivity contribution in [2.24, 2.45) is 5.73 Å². The van der Waals surface area contributed by atoms with Gasteiger partial charge in [0.15, 0.2) is 0 Å². The van der Waals surface area contributed by atoms with Crippen molar-refractivity contribution in [3.8, 4) is 0 Å². The summed E-state index contributed by atoms with van der Waals surface area (Å²) < 4.78 is 0. The van der Waals surface area contributed by atoms with E-state index in [-0.39, 0.29) is 0 Å². The minimum Gasteiger partial charge on any atom is -0.326 e. The summed E-state index contributed by atoms with van der Waals surface area (Å²) in [7, 11) is 0. The second-order valence-electron chi connectivity index (χ2n) is 3.08. The molecule has 0 bridgehead atoms. The van der Waals surface area contributed by atoms with Crippen LogP contribution in [-0.2, 0) is 13.0 Å². The third kappa shape index (κ3) is 2.03. The van der Waals surface area contributed by atoms with Gasteiger partial charge in [0, 0.05) is 22.7 Å². The molecule has 14 heavy (non-hydrogen) atoms. The summed E-state index contributed by atoms with van der Waals surface area (Å²) in [4.78, 5) is 7.07. The molecule has 0 unspecified atom stereocenters. The molecule has 0 saturated heterocycles. The number of thiophene rings is 1. The zero-order valence-corrected chi connectivity index (χ0v) is 9.62. The summed E-state index contributed by atoms with van der Waals surface area (Å²) in [5.74, 6) is 0. The molecule has 2 heterocycles. The van der Waals surface area contributed by atoms with Crippen LogP contribution < -0.4 is 5.73 Å². The van der Waals surface area contributed by atoms with E-state index in [2.05, 4.69) is 22.5 Å². The Morgan fingerprint density at radius 3 is 2.93 bits per heavy atom. The SMILES string of the molecule is Cc1nc(Cc2cccs2)sc1CN. The maximum atomic E-state index is 5.61. The quantitative estimate of drug-likeness (QED) is 0.870. The maximum Gasteiger partial charge on any atom is 0.0983 e. The van der Waals surface area contributed by atoms with Gasteiger partial charge in [0.05, 0.1) is 10.7 Å². The van der Waals surface area contributed by atoms with Crippen molar-refractivity contribution >= 4 is 22.7 Å².